The van der Waals surface area contributed by atoms with Crippen molar-refractivity contribution in [1.29, 1.82) is 0 Å². The lowest BCUT2D eigenvalue weighted by atomic mass is 9.89. The number of hydrogen-bond donors (Lipinski definition) is 0. The maximum absolute atomic E-state index is 12.5. The van der Waals surface area contributed by atoms with Crippen LogP contribution in [0.2, 0.25) is 0 Å². The number of carbonyl (C=O) groups excluding carboxylic acids is 1. The fourth-order valence-electron chi connectivity index (χ4n) is 2.36. The van der Waals surface area contributed by atoms with Crippen LogP contribution < -0.4 is 0 Å². The van der Waals surface area contributed by atoms with Crippen LogP contribution in [0.1, 0.15) is 58.8 Å². The van der Waals surface area contributed by atoms with Crippen LogP contribution in [0.5, 0.6) is 0 Å². The van der Waals surface area contributed by atoms with E-state index in [1.165, 1.54) is 32.1 Å². The van der Waals surface area contributed by atoms with Gasteiger partial charge in [-0.25, -0.2) is 0 Å². The van der Waals surface area contributed by atoms with Gasteiger partial charge in [-0.1, -0.05) is 48.0 Å². The molecule has 0 aromatic heterocycles. The van der Waals surface area contributed by atoms with Crippen molar-refractivity contribution in [3.05, 3.63) is 0 Å². The average Bonchev–Trinajstić information content (AvgIpc) is 2.27. The molecule has 0 bridgehead atoms. The van der Waals surface area contributed by atoms with Crippen LogP contribution in [0.3, 0.4) is 0 Å². The Morgan fingerprint density at radius 1 is 1.18 bits per heavy atom. The molecule has 0 aromatic rings. The topological polar surface area (TPSA) is 20.3 Å². The first-order valence-electron chi connectivity index (χ1n) is 6.82. The highest BCUT2D eigenvalue weighted by Crippen LogP contribution is 2.26. The number of carbonyl (C=O) groups is 1. The Hall–Kier alpha value is -0.0500. The minimum atomic E-state index is -0.0839. The van der Waals surface area contributed by atoms with Crippen molar-refractivity contribution in [3.8, 4) is 0 Å². The third-order valence-corrected chi connectivity index (χ3v) is 5.39. The quantitative estimate of drug-likeness (QED) is 0.722. The van der Waals surface area contributed by atoms with Crippen LogP contribution in [0.25, 0.3) is 0 Å². The molecular formula is C14H26BrNO. The molecule has 0 radical (unpaired) electrons. The van der Waals surface area contributed by atoms with Crippen molar-refractivity contribution in [2.45, 2.75) is 64.3 Å². The van der Waals surface area contributed by atoms with Gasteiger partial charge in [0.2, 0.25) is 5.91 Å². The Morgan fingerprint density at radius 2 is 1.65 bits per heavy atom. The second kappa shape index (κ2) is 6.77. The maximum atomic E-state index is 12.5. The lowest BCUT2D eigenvalue weighted by molar-refractivity contribution is -0.139. The molecule has 2 nitrogen and oxygen atoms in total. The summed E-state index contributed by atoms with van der Waals surface area (Å²) in [7, 11) is 1.95. The Kier molecular flexibility index (Phi) is 5.98. The van der Waals surface area contributed by atoms with Gasteiger partial charge in [0.05, 0.1) is 0 Å². The van der Waals surface area contributed by atoms with Crippen molar-refractivity contribution < 1.29 is 4.79 Å². The first-order chi connectivity index (χ1) is 7.99. The zero-order chi connectivity index (χ0) is 12.9. The molecule has 0 spiro atoms. The van der Waals surface area contributed by atoms with Gasteiger partial charge in [0.15, 0.2) is 0 Å². The molecule has 0 saturated heterocycles. The summed E-state index contributed by atoms with van der Waals surface area (Å²) >= 11 is 3.50. The number of rotatable bonds is 3. The van der Waals surface area contributed by atoms with E-state index >= 15 is 0 Å². The van der Waals surface area contributed by atoms with Crippen molar-refractivity contribution >= 4 is 21.8 Å². The molecule has 100 valence electrons. The van der Waals surface area contributed by atoms with E-state index in [1.54, 1.807) is 0 Å². The van der Waals surface area contributed by atoms with E-state index in [4.69, 9.17) is 0 Å². The Bertz CT molecular complexity index is 245. The molecule has 0 unspecified atom stereocenters. The number of nitrogens with zero attached hydrogens (tertiary/aromatic N) is 1. The van der Waals surface area contributed by atoms with Crippen LogP contribution in [-0.4, -0.2) is 28.7 Å². The zero-order valence-corrected chi connectivity index (χ0v) is 13.1. The minimum absolute atomic E-state index is 0.0839. The summed E-state index contributed by atoms with van der Waals surface area (Å²) in [4.78, 5) is 14.4. The fourth-order valence-corrected chi connectivity index (χ4v) is 2.74. The maximum Gasteiger partial charge on any atom is 0.225 e. The Morgan fingerprint density at radius 3 is 2.12 bits per heavy atom. The van der Waals surface area contributed by atoms with E-state index in [9.17, 15) is 4.79 Å². The van der Waals surface area contributed by atoms with Crippen molar-refractivity contribution in [2.75, 3.05) is 12.4 Å². The highest BCUT2D eigenvalue weighted by molar-refractivity contribution is 9.09. The summed E-state index contributed by atoms with van der Waals surface area (Å²) in [6.07, 6.45) is 8.56. The van der Waals surface area contributed by atoms with Crippen molar-refractivity contribution in [2.24, 2.45) is 5.92 Å². The molecule has 1 rings (SSSR count). The van der Waals surface area contributed by atoms with Crippen LogP contribution in [0.4, 0.5) is 0 Å². The summed E-state index contributed by atoms with van der Waals surface area (Å²) in [5.74, 6) is 0.606. The smallest absolute Gasteiger partial charge is 0.225 e. The van der Waals surface area contributed by atoms with E-state index in [-0.39, 0.29) is 11.5 Å². The monoisotopic (exact) mass is 303 g/mol. The first kappa shape index (κ1) is 15.0. The Balaban J connectivity index is 2.60. The summed E-state index contributed by atoms with van der Waals surface area (Å²) in [6, 6.07) is 0. The predicted octanol–water partition coefficient (Wildman–Crippen LogP) is 3.98. The molecule has 1 aliphatic carbocycles. The summed E-state index contributed by atoms with van der Waals surface area (Å²) in [5, 5.41) is 0.828. The average molecular weight is 304 g/mol. The standard InChI is InChI=1S/C14H26BrNO/c1-14(2,11-15)16(3)13(17)12-9-7-5-4-6-8-10-12/h12H,4-11H2,1-3H3. The molecule has 0 N–H and O–H groups in total. The molecule has 0 aromatic carbocycles. The van der Waals surface area contributed by atoms with E-state index in [0.29, 0.717) is 5.91 Å². The summed E-state index contributed by atoms with van der Waals surface area (Å²) in [6.45, 7) is 4.23. The van der Waals surface area contributed by atoms with Gasteiger partial charge in [-0.3, -0.25) is 4.79 Å². The lowest BCUT2D eigenvalue weighted by Gasteiger charge is -2.37. The van der Waals surface area contributed by atoms with E-state index in [2.05, 4.69) is 29.8 Å². The van der Waals surface area contributed by atoms with E-state index in [1.807, 2.05) is 11.9 Å². The molecule has 1 fully saturated rings. The van der Waals surface area contributed by atoms with Crippen molar-refractivity contribution in [3.63, 3.8) is 0 Å². The summed E-state index contributed by atoms with van der Waals surface area (Å²) in [5.41, 5.74) is -0.0839. The molecular weight excluding hydrogens is 278 g/mol. The predicted molar refractivity (Wildman–Crippen MR) is 76.5 cm³/mol. The van der Waals surface area contributed by atoms with E-state index in [0.717, 1.165) is 18.2 Å². The molecule has 3 heteroatoms. The fraction of sp³-hybridized carbons (Fsp3) is 0.929. The number of halogens is 1. The van der Waals surface area contributed by atoms with Crippen LogP contribution in [0.15, 0.2) is 0 Å². The largest absolute Gasteiger partial charge is 0.340 e. The molecule has 1 saturated carbocycles. The van der Waals surface area contributed by atoms with Gasteiger partial charge in [-0.2, -0.15) is 0 Å². The van der Waals surface area contributed by atoms with Gasteiger partial charge < -0.3 is 4.90 Å². The number of amides is 1. The van der Waals surface area contributed by atoms with Crippen LogP contribution in [-0.2, 0) is 4.79 Å². The number of hydrogen-bond acceptors (Lipinski definition) is 1. The Labute approximate surface area is 114 Å². The van der Waals surface area contributed by atoms with Gasteiger partial charge in [0.25, 0.3) is 0 Å². The highest BCUT2D eigenvalue weighted by Gasteiger charge is 2.31. The van der Waals surface area contributed by atoms with Crippen LogP contribution >= 0.6 is 15.9 Å². The molecule has 0 heterocycles. The van der Waals surface area contributed by atoms with Gasteiger partial charge >= 0.3 is 0 Å². The zero-order valence-electron chi connectivity index (χ0n) is 11.5. The highest BCUT2D eigenvalue weighted by atomic mass is 79.9. The molecule has 0 aliphatic heterocycles. The molecule has 1 amide bonds. The third kappa shape index (κ3) is 4.27. The molecule has 17 heavy (non-hydrogen) atoms. The molecule has 0 atom stereocenters. The van der Waals surface area contributed by atoms with Gasteiger partial charge in [-0.05, 0) is 26.7 Å². The SMILES string of the molecule is CN(C(=O)C1CCCCCCC1)C(C)(C)CBr. The van der Waals surface area contributed by atoms with Crippen LogP contribution in [0, 0.1) is 5.92 Å². The first-order valence-corrected chi connectivity index (χ1v) is 7.95. The second-order valence-electron chi connectivity index (χ2n) is 5.89. The summed E-state index contributed by atoms with van der Waals surface area (Å²) < 4.78 is 0. The second-order valence-corrected chi connectivity index (χ2v) is 6.45. The van der Waals surface area contributed by atoms with Gasteiger partial charge in [0.1, 0.15) is 0 Å². The third-order valence-electron chi connectivity index (χ3n) is 4.02. The van der Waals surface area contributed by atoms with Gasteiger partial charge in [0, 0.05) is 23.8 Å². The van der Waals surface area contributed by atoms with E-state index < -0.39 is 0 Å². The van der Waals surface area contributed by atoms with Crippen molar-refractivity contribution in [1.82, 2.24) is 4.90 Å². The number of alkyl halides is 1. The van der Waals surface area contributed by atoms with Gasteiger partial charge in [-0.15, -0.1) is 0 Å². The normalized spacial score (nSPS) is 19.5. The minimum Gasteiger partial charge on any atom is -0.340 e. The molecule has 1 aliphatic rings. The lowest BCUT2D eigenvalue weighted by Crippen LogP contribution is -2.48.